The first-order chi connectivity index (χ1) is 9.57. The Labute approximate surface area is 121 Å². The predicted molar refractivity (Wildman–Crippen MR) is 79.4 cm³/mol. The number of unbranched alkanes of at least 4 members (excludes halogenated alkanes) is 1. The molecule has 20 heavy (non-hydrogen) atoms. The highest BCUT2D eigenvalue weighted by molar-refractivity contribution is 7.86. The van der Waals surface area contributed by atoms with Crippen LogP contribution >= 0.6 is 0 Å². The summed E-state index contributed by atoms with van der Waals surface area (Å²) in [6.45, 7) is 3.25. The lowest BCUT2D eigenvalue weighted by molar-refractivity contribution is 0.345. The van der Waals surface area contributed by atoms with Gasteiger partial charge in [0.15, 0.2) is 0 Å². The molecule has 0 saturated carbocycles. The van der Waals surface area contributed by atoms with Crippen molar-refractivity contribution < 1.29 is 8.42 Å². The summed E-state index contributed by atoms with van der Waals surface area (Å²) in [5.41, 5.74) is 1.03. The molecule has 112 valence electrons. The Kier molecular flexibility index (Phi) is 5.12. The molecule has 0 N–H and O–H groups in total. The lowest BCUT2D eigenvalue weighted by Crippen LogP contribution is -2.41. The summed E-state index contributed by atoms with van der Waals surface area (Å²) in [7, 11) is -1.69. The summed E-state index contributed by atoms with van der Waals surface area (Å²) in [6, 6.07) is 3.77. The van der Waals surface area contributed by atoms with Crippen molar-refractivity contribution in [3.05, 3.63) is 30.1 Å². The summed E-state index contributed by atoms with van der Waals surface area (Å²) < 4.78 is 28.4. The summed E-state index contributed by atoms with van der Waals surface area (Å²) >= 11 is 0. The van der Waals surface area contributed by atoms with E-state index >= 15 is 0 Å². The van der Waals surface area contributed by atoms with E-state index in [0.717, 1.165) is 31.2 Å². The van der Waals surface area contributed by atoms with Crippen LogP contribution in [0.5, 0.6) is 0 Å². The van der Waals surface area contributed by atoms with Gasteiger partial charge in [-0.15, -0.1) is 0 Å². The zero-order chi connectivity index (χ0) is 14.6. The molecule has 5 nitrogen and oxygen atoms in total. The summed E-state index contributed by atoms with van der Waals surface area (Å²) in [5.74, 6) is 0. The molecule has 1 aromatic heterocycles. The van der Waals surface area contributed by atoms with Crippen LogP contribution in [0.25, 0.3) is 0 Å². The molecule has 1 fully saturated rings. The highest BCUT2D eigenvalue weighted by atomic mass is 32.2. The molecular weight excluding hydrogens is 274 g/mol. The van der Waals surface area contributed by atoms with Gasteiger partial charge in [-0.05, 0) is 37.0 Å². The molecule has 0 amide bonds. The van der Waals surface area contributed by atoms with Gasteiger partial charge in [0.25, 0.3) is 10.2 Å². The summed E-state index contributed by atoms with van der Waals surface area (Å²) in [6.07, 6.45) is 7.12. The zero-order valence-corrected chi connectivity index (χ0v) is 13.0. The van der Waals surface area contributed by atoms with E-state index in [-0.39, 0.29) is 6.04 Å². The fourth-order valence-corrected chi connectivity index (χ4v) is 4.24. The van der Waals surface area contributed by atoms with Gasteiger partial charge in [-0.25, -0.2) is 0 Å². The quantitative estimate of drug-likeness (QED) is 0.809. The van der Waals surface area contributed by atoms with E-state index in [2.05, 4.69) is 11.9 Å². The smallest absolute Gasteiger partial charge is 0.265 e. The number of nitrogens with zero attached hydrogens (tertiary/aromatic N) is 3. The van der Waals surface area contributed by atoms with Crippen LogP contribution in [0.2, 0.25) is 0 Å². The van der Waals surface area contributed by atoms with Crippen molar-refractivity contribution in [2.45, 2.75) is 38.6 Å². The summed E-state index contributed by atoms with van der Waals surface area (Å²) in [5, 5.41) is 0. The fourth-order valence-electron chi connectivity index (χ4n) is 2.61. The Morgan fingerprint density at radius 3 is 2.75 bits per heavy atom. The average molecular weight is 297 g/mol. The van der Waals surface area contributed by atoms with Gasteiger partial charge in [0.05, 0.1) is 6.04 Å². The lowest BCUT2D eigenvalue weighted by Gasteiger charge is -2.29. The Bertz CT molecular complexity index is 518. The monoisotopic (exact) mass is 297 g/mol. The van der Waals surface area contributed by atoms with Crippen molar-refractivity contribution >= 4 is 10.2 Å². The third-order valence-electron chi connectivity index (χ3n) is 3.81. The molecule has 6 heteroatoms. The topological polar surface area (TPSA) is 53.5 Å². The van der Waals surface area contributed by atoms with Crippen molar-refractivity contribution in [1.82, 2.24) is 13.6 Å². The van der Waals surface area contributed by atoms with E-state index in [1.165, 1.54) is 4.31 Å². The SMILES string of the molecule is CCCCN(C)S(=O)(=O)N1CCC[C@@H]1c1ccncc1. The van der Waals surface area contributed by atoms with E-state index in [4.69, 9.17) is 0 Å². The first kappa shape index (κ1) is 15.4. The van der Waals surface area contributed by atoms with Crippen LogP contribution in [-0.2, 0) is 10.2 Å². The van der Waals surface area contributed by atoms with Gasteiger partial charge in [-0.2, -0.15) is 17.0 Å². The third kappa shape index (κ3) is 3.19. The number of rotatable bonds is 6. The van der Waals surface area contributed by atoms with E-state index in [1.54, 1.807) is 23.7 Å². The Balaban J connectivity index is 2.18. The number of pyridine rings is 1. The van der Waals surface area contributed by atoms with Gasteiger partial charge in [-0.1, -0.05) is 13.3 Å². The molecular formula is C14H23N3O2S. The van der Waals surface area contributed by atoms with Crippen molar-refractivity contribution in [3.8, 4) is 0 Å². The Morgan fingerprint density at radius 2 is 2.10 bits per heavy atom. The van der Waals surface area contributed by atoms with Crippen LogP contribution in [-0.4, -0.2) is 42.1 Å². The zero-order valence-electron chi connectivity index (χ0n) is 12.2. The molecule has 0 aromatic carbocycles. The highest BCUT2D eigenvalue weighted by Gasteiger charge is 2.37. The molecule has 0 radical (unpaired) electrons. The fraction of sp³-hybridized carbons (Fsp3) is 0.643. The number of hydrogen-bond donors (Lipinski definition) is 0. The largest absolute Gasteiger partial charge is 0.282 e. The Hall–Kier alpha value is -0.980. The first-order valence-electron chi connectivity index (χ1n) is 7.20. The van der Waals surface area contributed by atoms with Crippen LogP contribution in [0.4, 0.5) is 0 Å². The molecule has 0 bridgehead atoms. The van der Waals surface area contributed by atoms with Crippen LogP contribution in [0, 0.1) is 0 Å². The predicted octanol–water partition coefficient (Wildman–Crippen LogP) is 2.20. The molecule has 0 aliphatic carbocycles. The number of aromatic nitrogens is 1. The molecule has 1 aromatic rings. The van der Waals surface area contributed by atoms with E-state index in [9.17, 15) is 8.42 Å². The van der Waals surface area contributed by atoms with Gasteiger partial charge < -0.3 is 0 Å². The van der Waals surface area contributed by atoms with Gasteiger partial charge in [0.2, 0.25) is 0 Å². The van der Waals surface area contributed by atoms with Crippen molar-refractivity contribution in [3.63, 3.8) is 0 Å². The van der Waals surface area contributed by atoms with Crippen LogP contribution in [0.1, 0.15) is 44.2 Å². The third-order valence-corrected chi connectivity index (χ3v) is 5.81. The van der Waals surface area contributed by atoms with Gasteiger partial charge in [0, 0.05) is 32.5 Å². The molecule has 0 spiro atoms. The summed E-state index contributed by atoms with van der Waals surface area (Å²) in [4.78, 5) is 4.00. The standard InChI is InChI=1S/C14H23N3O2S/c1-3-4-11-16(2)20(18,19)17-12-5-6-14(17)13-7-9-15-10-8-13/h7-10,14H,3-6,11-12H2,1-2H3/t14-/m1/s1. The molecule has 0 unspecified atom stereocenters. The maximum absolute atomic E-state index is 12.7. The maximum atomic E-state index is 12.7. The first-order valence-corrected chi connectivity index (χ1v) is 8.60. The van der Waals surface area contributed by atoms with Crippen LogP contribution < -0.4 is 0 Å². The second-order valence-electron chi connectivity index (χ2n) is 5.23. The number of hydrogen-bond acceptors (Lipinski definition) is 3. The van der Waals surface area contributed by atoms with E-state index in [0.29, 0.717) is 13.1 Å². The molecule has 1 atom stereocenters. The van der Waals surface area contributed by atoms with Gasteiger partial charge in [-0.3, -0.25) is 4.98 Å². The molecule has 2 rings (SSSR count). The van der Waals surface area contributed by atoms with Gasteiger partial charge in [0.1, 0.15) is 0 Å². The minimum Gasteiger partial charge on any atom is -0.265 e. The molecule has 1 aliphatic heterocycles. The highest BCUT2D eigenvalue weighted by Crippen LogP contribution is 2.34. The lowest BCUT2D eigenvalue weighted by atomic mass is 10.1. The Morgan fingerprint density at radius 1 is 1.40 bits per heavy atom. The maximum Gasteiger partial charge on any atom is 0.282 e. The van der Waals surface area contributed by atoms with E-state index < -0.39 is 10.2 Å². The second kappa shape index (κ2) is 6.65. The van der Waals surface area contributed by atoms with Crippen LogP contribution in [0.3, 0.4) is 0 Å². The van der Waals surface area contributed by atoms with Crippen LogP contribution in [0.15, 0.2) is 24.5 Å². The molecule has 1 aliphatic rings. The van der Waals surface area contributed by atoms with Gasteiger partial charge >= 0.3 is 0 Å². The second-order valence-corrected chi connectivity index (χ2v) is 7.22. The van der Waals surface area contributed by atoms with Crippen molar-refractivity contribution in [2.24, 2.45) is 0 Å². The minimum absolute atomic E-state index is 0.0490. The van der Waals surface area contributed by atoms with E-state index in [1.807, 2.05) is 12.1 Å². The van der Waals surface area contributed by atoms with Crippen molar-refractivity contribution in [2.75, 3.05) is 20.1 Å². The molecule has 1 saturated heterocycles. The molecule has 2 heterocycles. The average Bonchev–Trinajstić information content (AvgIpc) is 2.95. The minimum atomic E-state index is -3.36. The normalized spacial score (nSPS) is 20.6. The van der Waals surface area contributed by atoms with Crippen molar-refractivity contribution in [1.29, 1.82) is 0 Å².